The summed E-state index contributed by atoms with van der Waals surface area (Å²) in [6.45, 7) is 9.02. The van der Waals surface area contributed by atoms with Crippen LogP contribution in [0.25, 0.3) is 0 Å². The molecule has 0 amide bonds. The SMILES string of the molecule is CC[Si](CC)(COC#N)C(Cc1ccccc1)[Si](CC)(CC)COC#N. The smallest absolute Gasteiger partial charge is 0.285 e. The molecule has 26 heavy (non-hydrogen) atoms. The van der Waals surface area contributed by atoms with Gasteiger partial charge in [-0.05, 0) is 17.1 Å². The van der Waals surface area contributed by atoms with Crippen molar-refractivity contribution in [3.8, 4) is 12.5 Å². The number of hydrogen-bond donors (Lipinski definition) is 0. The molecular formula is C20H32N2O2Si2. The van der Waals surface area contributed by atoms with Gasteiger partial charge in [0.1, 0.15) is 16.1 Å². The Morgan fingerprint density at radius 3 is 1.58 bits per heavy atom. The zero-order valence-electron chi connectivity index (χ0n) is 16.6. The van der Waals surface area contributed by atoms with Crippen molar-refractivity contribution in [1.29, 1.82) is 10.5 Å². The van der Waals surface area contributed by atoms with E-state index in [2.05, 4.69) is 52.0 Å². The number of nitriles is 2. The Morgan fingerprint density at radius 1 is 0.808 bits per heavy atom. The van der Waals surface area contributed by atoms with Crippen LogP contribution in [0.5, 0.6) is 0 Å². The van der Waals surface area contributed by atoms with E-state index >= 15 is 0 Å². The summed E-state index contributed by atoms with van der Waals surface area (Å²) in [7, 11) is -3.75. The maximum absolute atomic E-state index is 9.04. The highest BCUT2D eigenvalue weighted by Gasteiger charge is 2.51. The summed E-state index contributed by atoms with van der Waals surface area (Å²) < 4.78 is 10.7. The molecule has 0 radical (unpaired) electrons. The lowest BCUT2D eigenvalue weighted by Gasteiger charge is -2.47. The fraction of sp³-hybridized carbons (Fsp3) is 0.600. The van der Waals surface area contributed by atoms with Gasteiger partial charge in [0.2, 0.25) is 0 Å². The third kappa shape index (κ3) is 5.12. The molecule has 6 heteroatoms. The number of benzene rings is 1. The predicted molar refractivity (Wildman–Crippen MR) is 110 cm³/mol. The van der Waals surface area contributed by atoms with E-state index in [0.717, 1.165) is 30.6 Å². The summed E-state index contributed by atoms with van der Waals surface area (Å²) in [6.07, 6.45) is 5.98. The van der Waals surface area contributed by atoms with Crippen LogP contribution < -0.4 is 0 Å². The van der Waals surface area contributed by atoms with Gasteiger partial charge in [-0.2, -0.15) is 10.5 Å². The largest absolute Gasteiger partial charge is 0.431 e. The predicted octanol–water partition coefficient (Wildman–Crippen LogP) is 5.19. The molecule has 0 atom stereocenters. The lowest BCUT2D eigenvalue weighted by Crippen LogP contribution is -2.59. The van der Waals surface area contributed by atoms with E-state index in [0.29, 0.717) is 17.6 Å². The molecule has 0 aliphatic rings. The van der Waals surface area contributed by atoms with Crippen molar-refractivity contribution in [2.24, 2.45) is 0 Å². The van der Waals surface area contributed by atoms with Crippen molar-refractivity contribution in [2.45, 2.75) is 63.5 Å². The second-order valence-corrected chi connectivity index (χ2v) is 18.0. The highest BCUT2D eigenvalue weighted by molar-refractivity contribution is 6.99. The fourth-order valence-corrected chi connectivity index (χ4v) is 18.8. The van der Waals surface area contributed by atoms with Crippen LogP contribution in [-0.4, -0.2) is 28.6 Å². The second-order valence-electron chi connectivity index (χ2n) is 7.14. The van der Waals surface area contributed by atoms with Crippen LogP contribution in [0, 0.1) is 23.0 Å². The molecule has 0 aliphatic heterocycles. The second kappa shape index (κ2) is 11.1. The zero-order chi connectivity index (χ0) is 19.5. The standard InChI is InChI=1S/C20H32N2O2Si2/c1-5-25(6-2,17-23-15-21)20(14-19-12-10-9-11-13-19)26(7-3,8-4)18-24-16-22/h9-13,20H,5-8,14,17-18H2,1-4H3. The van der Waals surface area contributed by atoms with Crippen molar-refractivity contribution >= 4 is 16.1 Å². The van der Waals surface area contributed by atoms with E-state index in [-0.39, 0.29) is 0 Å². The average Bonchev–Trinajstić information content (AvgIpc) is 2.70. The van der Waals surface area contributed by atoms with Crippen molar-refractivity contribution in [3.63, 3.8) is 0 Å². The normalized spacial score (nSPS) is 11.7. The third-order valence-corrected chi connectivity index (χ3v) is 20.5. The molecule has 1 aromatic carbocycles. The number of nitrogens with zero attached hydrogens (tertiary/aromatic N) is 2. The van der Waals surface area contributed by atoms with E-state index in [1.54, 1.807) is 0 Å². The molecule has 1 rings (SSSR count). The Hall–Kier alpha value is -1.77. The van der Waals surface area contributed by atoms with Gasteiger partial charge in [-0.1, -0.05) is 82.2 Å². The van der Waals surface area contributed by atoms with E-state index in [9.17, 15) is 0 Å². The molecule has 0 aromatic heterocycles. The van der Waals surface area contributed by atoms with Crippen LogP contribution in [0.15, 0.2) is 30.3 Å². The Morgan fingerprint density at radius 2 is 1.23 bits per heavy atom. The summed E-state index contributed by atoms with van der Waals surface area (Å²) in [6, 6.07) is 15.0. The molecule has 0 bridgehead atoms. The molecule has 0 N–H and O–H groups in total. The van der Waals surface area contributed by atoms with Crippen LogP contribution in [0.2, 0.25) is 29.3 Å². The Kier molecular flexibility index (Phi) is 9.47. The molecule has 0 fully saturated rings. The molecule has 0 spiro atoms. The zero-order valence-corrected chi connectivity index (χ0v) is 18.6. The fourth-order valence-electron chi connectivity index (χ4n) is 4.38. The minimum Gasteiger partial charge on any atom is -0.431 e. The molecule has 142 valence electrons. The summed E-state index contributed by atoms with van der Waals surface area (Å²) >= 11 is 0. The summed E-state index contributed by atoms with van der Waals surface area (Å²) in [5.74, 6) is 0. The maximum Gasteiger partial charge on any atom is 0.285 e. The van der Waals surface area contributed by atoms with Crippen LogP contribution in [0.1, 0.15) is 33.3 Å². The molecule has 0 unspecified atom stereocenters. The highest BCUT2D eigenvalue weighted by Crippen LogP contribution is 2.43. The van der Waals surface area contributed by atoms with Gasteiger partial charge in [0.15, 0.2) is 0 Å². The van der Waals surface area contributed by atoms with E-state index in [1.807, 2.05) is 18.6 Å². The minimum atomic E-state index is -1.88. The van der Waals surface area contributed by atoms with Gasteiger partial charge in [-0.3, -0.25) is 0 Å². The van der Waals surface area contributed by atoms with Crippen LogP contribution >= 0.6 is 0 Å². The first-order valence-electron chi connectivity index (χ1n) is 9.63. The van der Waals surface area contributed by atoms with Gasteiger partial charge in [-0.25, -0.2) is 0 Å². The van der Waals surface area contributed by atoms with Gasteiger partial charge in [0.25, 0.3) is 12.5 Å². The molecule has 0 aliphatic carbocycles. The third-order valence-electron chi connectivity index (χ3n) is 6.43. The lowest BCUT2D eigenvalue weighted by atomic mass is 10.2. The van der Waals surface area contributed by atoms with Crippen LogP contribution in [0.3, 0.4) is 0 Å². The molecule has 1 aromatic rings. The quantitative estimate of drug-likeness (QED) is 0.365. The average molecular weight is 389 g/mol. The number of hydrogen-bond acceptors (Lipinski definition) is 4. The Labute approximate surface area is 160 Å². The maximum atomic E-state index is 9.04. The summed E-state index contributed by atoms with van der Waals surface area (Å²) in [4.78, 5) is 0. The van der Waals surface area contributed by atoms with Crippen molar-refractivity contribution < 1.29 is 9.47 Å². The molecule has 0 saturated carbocycles. The lowest BCUT2D eigenvalue weighted by molar-refractivity contribution is 0.317. The Bertz CT molecular complexity index is 568. The number of ether oxygens (including phenoxy) is 2. The number of rotatable bonds is 12. The van der Waals surface area contributed by atoms with E-state index in [1.165, 1.54) is 5.56 Å². The highest BCUT2D eigenvalue weighted by atomic mass is 28.4. The minimum absolute atomic E-state index is 0.518. The van der Waals surface area contributed by atoms with Gasteiger partial charge in [-0.15, -0.1) is 0 Å². The summed E-state index contributed by atoms with van der Waals surface area (Å²) in [5.41, 5.74) is 1.34. The monoisotopic (exact) mass is 388 g/mol. The van der Waals surface area contributed by atoms with E-state index < -0.39 is 16.1 Å². The molecule has 0 heterocycles. The van der Waals surface area contributed by atoms with Crippen molar-refractivity contribution in [2.75, 3.05) is 12.5 Å². The summed E-state index contributed by atoms with van der Waals surface area (Å²) in [5, 5.41) is 18.6. The van der Waals surface area contributed by atoms with Crippen molar-refractivity contribution in [3.05, 3.63) is 35.9 Å². The first-order valence-corrected chi connectivity index (χ1v) is 15.0. The topological polar surface area (TPSA) is 66.0 Å². The van der Waals surface area contributed by atoms with Crippen LogP contribution in [-0.2, 0) is 15.9 Å². The van der Waals surface area contributed by atoms with E-state index in [4.69, 9.17) is 20.0 Å². The van der Waals surface area contributed by atoms with Crippen molar-refractivity contribution in [1.82, 2.24) is 0 Å². The molecular weight excluding hydrogens is 356 g/mol. The van der Waals surface area contributed by atoms with Gasteiger partial charge in [0.05, 0.1) is 12.5 Å². The van der Waals surface area contributed by atoms with Gasteiger partial charge in [0, 0.05) is 0 Å². The van der Waals surface area contributed by atoms with Gasteiger partial charge >= 0.3 is 0 Å². The molecule has 0 saturated heterocycles. The molecule has 4 nitrogen and oxygen atoms in total. The van der Waals surface area contributed by atoms with Crippen LogP contribution in [0.4, 0.5) is 0 Å². The Balaban J connectivity index is 3.42. The first-order chi connectivity index (χ1) is 12.6. The first kappa shape index (κ1) is 22.3. The van der Waals surface area contributed by atoms with Gasteiger partial charge < -0.3 is 9.47 Å².